The van der Waals surface area contributed by atoms with Crippen molar-refractivity contribution < 1.29 is 32.2 Å². The number of hydrogen-bond acceptors (Lipinski definition) is 16. The van der Waals surface area contributed by atoms with Crippen LogP contribution in [-0.4, -0.2) is 74.0 Å². The predicted molar refractivity (Wildman–Crippen MR) is 249 cm³/mol. The fourth-order valence-corrected chi connectivity index (χ4v) is 8.77. The zero-order valence-corrected chi connectivity index (χ0v) is 38.1. The Bertz CT molecular complexity index is 3110. The quantitative estimate of drug-likeness (QED) is 0.125. The van der Waals surface area contributed by atoms with Gasteiger partial charge in [0.05, 0.1) is 62.7 Å². The summed E-state index contributed by atoms with van der Waals surface area (Å²) in [6.07, 6.45) is -1.42. The number of hydrogen-bond donors (Lipinski definition) is 0. The number of aromatic nitrogens is 6. The van der Waals surface area contributed by atoms with Crippen LogP contribution in [0.4, 0.5) is 18.9 Å². The molecule has 15 nitrogen and oxygen atoms in total. The minimum absolute atomic E-state index is 0.0309. The number of thiazole rings is 2. The number of alkyl halides is 3. The van der Waals surface area contributed by atoms with Crippen molar-refractivity contribution in [3.8, 4) is 47.5 Å². The number of nitriles is 3. The van der Waals surface area contributed by atoms with E-state index in [1.165, 1.54) is 30.5 Å². The van der Waals surface area contributed by atoms with Gasteiger partial charge in [0, 0.05) is 58.1 Å². The second kappa shape index (κ2) is 21.8. The molecule has 2 unspecified atom stereocenters. The smallest absolute Gasteiger partial charge is 0.416 e. The number of fused-ring (bicyclic) bond motifs is 2. The van der Waals surface area contributed by atoms with Gasteiger partial charge in [-0.2, -0.15) is 38.9 Å². The highest BCUT2D eigenvalue weighted by Gasteiger charge is 2.31. The third-order valence-electron chi connectivity index (χ3n) is 10.1. The van der Waals surface area contributed by atoms with Gasteiger partial charge in [0.2, 0.25) is 5.91 Å². The van der Waals surface area contributed by atoms with Crippen LogP contribution >= 0.6 is 22.7 Å². The number of benzene rings is 4. The summed E-state index contributed by atoms with van der Waals surface area (Å²) < 4.78 is 57.1. The number of halogens is 3. The van der Waals surface area contributed by atoms with Gasteiger partial charge in [-0.05, 0) is 91.0 Å². The number of carbonyl (C=O) groups is 1. The molecule has 0 bridgehead atoms. The van der Waals surface area contributed by atoms with Crippen molar-refractivity contribution in [2.45, 2.75) is 31.9 Å². The van der Waals surface area contributed by atoms with Crippen LogP contribution < -0.4 is 19.1 Å². The van der Waals surface area contributed by atoms with Gasteiger partial charge >= 0.3 is 18.2 Å². The lowest BCUT2D eigenvalue weighted by Crippen LogP contribution is -2.48. The highest BCUT2D eigenvalue weighted by molar-refractivity contribution is 7.19. The highest BCUT2D eigenvalue weighted by Crippen LogP contribution is 2.36. The zero-order chi connectivity index (χ0) is 48.2. The molecule has 0 aliphatic carbocycles. The van der Waals surface area contributed by atoms with Crippen LogP contribution in [-0.2, 0) is 11.0 Å². The van der Waals surface area contributed by atoms with E-state index in [9.17, 15) is 28.5 Å². The van der Waals surface area contributed by atoms with Crippen LogP contribution in [0.3, 0.4) is 0 Å². The van der Waals surface area contributed by atoms with Gasteiger partial charge in [0.1, 0.15) is 39.1 Å². The number of nitrogens with zero attached hydrogens (tertiary/aromatic N) is 11. The number of carbonyl (C=O) groups excluding carboxylic acids is 1. The van der Waals surface area contributed by atoms with E-state index >= 15 is 0 Å². The Kier molecular flexibility index (Phi) is 15.3. The lowest BCUT2D eigenvalue weighted by atomic mass is 10.1. The molecule has 1 amide bonds. The van der Waals surface area contributed by atoms with Crippen molar-refractivity contribution in [1.82, 2.24) is 34.8 Å². The van der Waals surface area contributed by atoms with Crippen molar-refractivity contribution in [2.75, 3.05) is 38.2 Å². The van der Waals surface area contributed by atoms with Crippen molar-refractivity contribution in [3.63, 3.8) is 0 Å². The summed E-state index contributed by atoms with van der Waals surface area (Å²) in [5.74, 6) is 0.387. The summed E-state index contributed by atoms with van der Waals surface area (Å²) in [5.41, 5.74) is 2.21. The zero-order valence-electron chi connectivity index (χ0n) is 36.5. The van der Waals surface area contributed by atoms with Gasteiger partial charge in [-0.25, -0.2) is 19.9 Å². The molecule has 4 aromatic heterocycles. The van der Waals surface area contributed by atoms with E-state index in [1.54, 1.807) is 62.7 Å². The van der Waals surface area contributed by atoms with Crippen molar-refractivity contribution in [2.24, 2.45) is 0 Å². The van der Waals surface area contributed by atoms with E-state index in [1.807, 2.05) is 53.4 Å². The number of para-hydroxylation sites is 1. The Morgan fingerprint density at radius 1 is 0.676 bits per heavy atom. The number of ether oxygens (including phenoxy) is 3. The maximum Gasteiger partial charge on any atom is 0.416 e. The standard InChI is InChI=1S/C25H22N6O2S.C21H13F3N4O2S.C2H3N/c1-17(32)30-12-14-31(15-13-30)18-6-8-19(9-7-18)33-25-27-11-10-21(29-25)20(16-26)24-28-22-4-2-3-5-23(22)34-24;1-29-13-3-5-14(6-4-13)30-20-26-9-8-16(28-20)15(11-25)19-27-17-10-12(21(22,23)24)2-7-18(17)31-19;1-2-3/h2-11,20H,12-15H2,1H3;2-10,15H,1H3;1H3. The first-order valence-corrected chi connectivity index (χ1v) is 22.2. The lowest BCUT2D eigenvalue weighted by molar-refractivity contribution is -0.137. The second-order valence-electron chi connectivity index (χ2n) is 14.5. The molecular formula is C48H38F3N11O4S2. The van der Waals surface area contributed by atoms with Crippen LogP contribution in [0.15, 0.2) is 116 Å². The SMILES string of the molecule is CC#N.CC(=O)N1CCN(c2ccc(Oc3nccc(C(C#N)c4nc5ccccc5s4)n3)cc2)CC1.COc1ccc(Oc2nccc(C(C#N)c3nc4cc(C(F)(F)F)ccc4s3)n2)cc1. The number of anilines is 1. The molecule has 342 valence electrons. The lowest BCUT2D eigenvalue weighted by Gasteiger charge is -2.35. The first kappa shape index (κ1) is 47.7. The molecule has 8 aromatic rings. The maximum absolute atomic E-state index is 13.0. The number of amides is 1. The van der Waals surface area contributed by atoms with E-state index in [2.05, 4.69) is 46.9 Å². The van der Waals surface area contributed by atoms with E-state index in [0.29, 0.717) is 43.4 Å². The summed E-state index contributed by atoms with van der Waals surface area (Å²) in [6.45, 7) is 6.08. The molecule has 1 saturated heterocycles. The average molecular weight is 954 g/mol. The van der Waals surface area contributed by atoms with Gasteiger partial charge in [-0.3, -0.25) is 4.79 Å². The van der Waals surface area contributed by atoms with E-state index in [0.717, 1.165) is 65.6 Å². The van der Waals surface area contributed by atoms with E-state index < -0.39 is 23.6 Å². The summed E-state index contributed by atoms with van der Waals surface area (Å²) in [7, 11) is 1.55. The third-order valence-corrected chi connectivity index (χ3v) is 12.3. The molecule has 0 N–H and O–H groups in total. The van der Waals surface area contributed by atoms with Gasteiger partial charge in [0.25, 0.3) is 0 Å². The molecule has 4 aromatic carbocycles. The molecule has 0 radical (unpaired) electrons. The molecule has 0 saturated carbocycles. The molecule has 0 spiro atoms. The number of rotatable bonds is 10. The Balaban J connectivity index is 0.000000191. The van der Waals surface area contributed by atoms with Gasteiger partial charge < -0.3 is 24.0 Å². The molecule has 1 fully saturated rings. The molecule has 5 heterocycles. The first-order chi connectivity index (χ1) is 32.9. The van der Waals surface area contributed by atoms with Crippen molar-refractivity contribution >= 4 is 54.7 Å². The summed E-state index contributed by atoms with van der Waals surface area (Å²) in [5, 5.41) is 27.9. The Labute approximate surface area is 395 Å². The minimum atomic E-state index is -4.47. The fraction of sp³-hybridized carbons (Fsp3) is 0.208. The molecule has 1 aliphatic rings. The summed E-state index contributed by atoms with van der Waals surface area (Å²) in [4.78, 5) is 41.5. The van der Waals surface area contributed by atoms with Crippen LogP contribution in [0.5, 0.6) is 29.3 Å². The molecule has 9 rings (SSSR count). The van der Waals surface area contributed by atoms with Crippen LogP contribution in [0.1, 0.15) is 52.6 Å². The van der Waals surface area contributed by atoms with E-state index in [4.69, 9.17) is 19.5 Å². The van der Waals surface area contributed by atoms with Gasteiger partial charge in [-0.15, -0.1) is 22.7 Å². The fourth-order valence-electron chi connectivity index (χ4n) is 6.74. The highest BCUT2D eigenvalue weighted by atomic mass is 32.1. The molecular weight excluding hydrogens is 916 g/mol. The summed E-state index contributed by atoms with van der Waals surface area (Å²) >= 11 is 2.63. The minimum Gasteiger partial charge on any atom is -0.497 e. The molecule has 2 atom stereocenters. The topological polar surface area (TPSA) is 200 Å². The number of methoxy groups -OCH3 is 1. The maximum atomic E-state index is 13.0. The van der Waals surface area contributed by atoms with Crippen molar-refractivity contribution in [1.29, 1.82) is 15.8 Å². The molecule has 68 heavy (non-hydrogen) atoms. The average Bonchev–Trinajstić information content (AvgIpc) is 3.97. The van der Waals surface area contributed by atoms with Crippen molar-refractivity contribution in [3.05, 3.63) is 142 Å². The second-order valence-corrected chi connectivity index (χ2v) is 16.6. The van der Waals surface area contributed by atoms with Crippen LogP contribution in [0.25, 0.3) is 20.4 Å². The summed E-state index contributed by atoms with van der Waals surface area (Å²) in [6, 6.07) is 35.3. The first-order valence-electron chi connectivity index (χ1n) is 20.6. The normalized spacial score (nSPS) is 13.0. The Morgan fingerprint density at radius 2 is 1.18 bits per heavy atom. The predicted octanol–water partition coefficient (Wildman–Crippen LogP) is 10.3. The largest absolute Gasteiger partial charge is 0.497 e. The number of piperazine rings is 1. The Morgan fingerprint density at radius 3 is 1.68 bits per heavy atom. The van der Waals surface area contributed by atoms with Crippen LogP contribution in [0, 0.1) is 34.0 Å². The van der Waals surface area contributed by atoms with Gasteiger partial charge in [0.15, 0.2) is 0 Å². The Hall–Kier alpha value is -8.25. The third kappa shape index (κ3) is 11.8. The monoisotopic (exact) mass is 953 g/mol. The molecule has 1 aliphatic heterocycles. The van der Waals surface area contributed by atoms with E-state index in [-0.39, 0.29) is 23.4 Å². The molecule has 20 heteroatoms. The van der Waals surface area contributed by atoms with Gasteiger partial charge in [-0.1, -0.05) is 12.1 Å². The van der Waals surface area contributed by atoms with Crippen LogP contribution in [0.2, 0.25) is 0 Å².